The maximum Gasteiger partial charge on any atom is 0.148 e. The van der Waals surface area contributed by atoms with E-state index in [0.29, 0.717) is 6.61 Å². The van der Waals surface area contributed by atoms with E-state index < -0.39 is 0 Å². The van der Waals surface area contributed by atoms with Gasteiger partial charge in [0.15, 0.2) is 0 Å². The molecule has 0 N–H and O–H groups in total. The minimum absolute atomic E-state index is 0.253. The molecule has 0 bridgehead atoms. The lowest BCUT2D eigenvalue weighted by molar-refractivity contribution is 0.0679. The lowest BCUT2D eigenvalue weighted by atomic mass is 10.0. The summed E-state index contributed by atoms with van der Waals surface area (Å²) in [6.45, 7) is 2.52. The van der Waals surface area contributed by atoms with Crippen molar-refractivity contribution >= 4 is 23.4 Å². The molecule has 23 heavy (non-hydrogen) atoms. The number of nitrogens with zero attached hydrogens (tertiary/aromatic N) is 2. The van der Waals surface area contributed by atoms with Crippen LogP contribution < -0.4 is 4.74 Å². The number of rotatable bonds is 4. The van der Waals surface area contributed by atoms with Crippen molar-refractivity contribution in [3.8, 4) is 5.75 Å². The van der Waals surface area contributed by atoms with Gasteiger partial charge in [-0.1, -0.05) is 12.1 Å². The minimum atomic E-state index is 0.253. The molecule has 0 radical (unpaired) electrons. The van der Waals surface area contributed by atoms with Crippen molar-refractivity contribution in [3.05, 3.63) is 48.2 Å². The molecular weight excluding hydrogens is 308 g/mol. The predicted molar refractivity (Wildman–Crippen MR) is 94.6 cm³/mol. The van der Waals surface area contributed by atoms with Crippen LogP contribution in [0.3, 0.4) is 0 Å². The van der Waals surface area contributed by atoms with Crippen molar-refractivity contribution in [3.63, 3.8) is 0 Å². The maximum absolute atomic E-state index is 5.84. The number of ether oxygens (including phenoxy) is 2. The first kappa shape index (κ1) is 14.8. The van der Waals surface area contributed by atoms with Crippen LogP contribution in [-0.4, -0.2) is 42.4 Å². The molecule has 1 fully saturated rings. The van der Waals surface area contributed by atoms with E-state index in [2.05, 4.69) is 39.8 Å². The fourth-order valence-electron chi connectivity index (χ4n) is 2.99. The standard InChI is InChI=1S/C18H20N2O2S/c1-4-17(18-19-23-12-10-20(18)9-1)14-5-7-15(8-6-14)22-13-16-3-2-11-21-16/h1,4-9,16H,2-3,10-13H2. The molecule has 0 amide bonds. The number of hydrogen-bond acceptors (Lipinski definition) is 5. The number of hydrogen-bond donors (Lipinski definition) is 0. The second kappa shape index (κ2) is 6.81. The van der Waals surface area contributed by atoms with Gasteiger partial charge >= 0.3 is 0 Å². The Labute approximate surface area is 141 Å². The predicted octanol–water partition coefficient (Wildman–Crippen LogP) is 3.52. The van der Waals surface area contributed by atoms with Gasteiger partial charge in [0.25, 0.3) is 0 Å². The van der Waals surface area contributed by atoms with Crippen LogP contribution in [-0.2, 0) is 4.74 Å². The molecule has 3 aliphatic rings. The molecule has 4 nitrogen and oxygen atoms in total. The third kappa shape index (κ3) is 3.31. The van der Waals surface area contributed by atoms with Crippen molar-refractivity contribution in [2.45, 2.75) is 18.9 Å². The largest absolute Gasteiger partial charge is 0.491 e. The summed E-state index contributed by atoms with van der Waals surface area (Å²) in [4.78, 5) is 2.22. The molecule has 1 atom stereocenters. The second-order valence-corrected chi connectivity index (χ2v) is 6.68. The van der Waals surface area contributed by atoms with Gasteiger partial charge in [0, 0.05) is 30.7 Å². The van der Waals surface area contributed by atoms with Gasteiger partial charge in [-0.05, 0) is 54.6 Å². The first-order valence-electron chi connectivity index (χ1n) is 8.10. The Bertz CT molecular complexity index is 645. The Kier molecular flexibility index (Phi) is 4.39. The summed E-state index contributed by atoms with van der Waals surface area (Å²) >= 11 is 1.64. The Morgan fingerprint density at radius 2 is 2.22 bits per heavy atom. The average molecular weight is 328 g/mol. The van der Waals surface area contributed by atoms with Crippen LogP contribution in [0.25, 0.3) is 5.57 Å². The highest BCUT2D eigenvalue weighted by molar-refractivity contribution is 7.98. The second-order valence-electron chi connectivity index (χ2n) is 5.83. The molecule has 120 valence electrons. The van der Waals surface area contributed by atoms with Crippen LogP contribution in [0, 0.1) is 0 Å². The third-order valence-electron chi connectivity index (χ3n) is 4.24. The van der Waals surface area contributed by atoms with Gasteiger partial charge in [0.05, 0.1) is 6.10 Å². The van der Waals surface area contributed by atoms with Gasteiger partial charge in [0.2, 0.25) is 0 Å². The monoisotopic (exact) mass is 328 g/mol. The van der Waals surface area contributed by atoms with Crippen LogP contribution in [0.15, 0.2) is 47.0 Å². The summed E-state index contributed by atoms with van der Waals surface area (Å²) in [6.07, 6.45) is 8.81. The van der Waals surface area contributed by atoms with Crippen molar-refractivity contribution in [2.24, 2.45) is 4.40 Å². The van der Waals surface area contributed by atoms with Crippen molar-refractivity contribution in [1.82, 2.24) is 4.90 Å². The number of fused-ring (bicyclic) bond motifs is 1. The Hall–Kier alpha value is -1.72. The molecule has 1 unspecified atom stereocenters. The molecule has 4 rings (SSSR count). The lowest BCUT2D eigenvalue weighted by Gasteiger charge is -2.29. The normalized spacial score (nSPS) is 23.3. The molecular formula is C18H20N2O2S. The molecule has 3 heterocycles. The van der Waals surface area contributed by atoms with Gasteiger partial charge in [-0.2, -0.15) is 4.40 Å². The van der Waals surface area contributed by atoms with E-state index in [4.69, 9.17) is 9.47 Å². The highest BCUT2D eigenvalue weighted by Crippen LogP contribution is 2.28. The molecule has 0 spiro atoms. The molecule has 0 aromatic heterocycles. The van der Waals surface area contributed by atoms with Gasteiger partial charge in [-0.25, -0.2) is 0 Å². The van der Waals surface area contributed by atoms with E-state index in [1.807, 2.05) is 12.1 Å². The van der Waals surface area contributed by atoms with E-state index in [9.17, 15) is 0 Å². The van der Waals surface area contributed by atoms with Crippen LogP contribution in [0.1, 0.15) is 18.4 Å². The fourth-order valence-corrected chi connectivity index (χ4v) is 3.69. The summed E-state index contributed by atoms with van der Waals surface area (Å²) in [6, 6.07) is 8.28. The van der Waals surface area contributed by atoms with Gasteiger partial charge in [-0.3, -0.25) is 0 Å². The molecule has 1 aromatic carbocycles. The highest BCUT2D eigenvalue weighted by Gasteiger charge is 2.21. The van der Waals surface area contributed by atoms with E-state index in [0.717, 1.165) is 43.3 Å². The molecule has 3 aliphatic heterocycles. The Balaban J connectivity index is 1.46. The Morgan fingerprint density at radius 1 is 1.30 bits per heavy atom. The summed E-state index contributed by atoms with van der Waals surface area (Å²) in [5.41, 5.74) is 2.34. The maximum atomic E-state index is 5.84. The Morgan fingerprint density at radius 3 is 3.04 bits per heavy atom. The van der Waals surface area contributed by atoms with Crippen molar-refractivity contribution in [1.29, 1.82) is 0 Å². The van der Waals surface area contributed by atoms with E-state index >= 15 is 0 Å². The zero-order chi connectivity index (χ0) is 15.5. The zero-order valence-corrected chi connectivity index (χ0v) is 13.8. The smallest absolute Gasteiger partial charge is 0.148 e. The zero-order valence-electron chi connectivity index (χ0n) is 13.0. The molecule has 5 heteroatoms. The SMILES string of the molecule is C1=CN2CCSN=C2C(c2ccc(OCC3CCCO3)cc2)=C1. The minimum Gasteiger partial charge on any atom is -0.491 e. The first-order valence-corrected chi connectivity index (χ1v) is 9.05. The fraction of sp³-hybridized carbons (Fsp3) is 0.389. The lowest BCUT2D eigenvalue weighted by Crippen LogP contribution is -2.32. The van der Waals surface area contributed by atoms with Crippen molar-refractivity contribution in [2.75, 3.05) is 25.5 Å². The van der Waals surface area contributed by atoms with Crippen LogP contribution in [0.4, 0.5) is 0 Å². The van der Waals surface area contributed by atoms with Gasteiger partial charge < -0.3 is 14.4 Å². The average Bonchev–Trinajstić information content (AvgIpc) is 3.14. The number of amidine groups is 1. The number of allylic oxidation sites excluding steroid dienone is 2. The van der Waals surface area contributed by atoms with E-state index in [1.54, 1.807) is 11.9 Å². The molecule has 1 saturated heterocycles. The van der Waals surface area contributed by atoms with Crippen LogP contribution in [0.2, 0.25) is 0 Å². The molecule has 0 aliphatic carbocycles. The van der Waals surface area contributed by atoms with Crippen LogP contribution in [0.5, 0.6) is 5.75 Å². The summed E-state index contributed by atoms with van der Waals surface area (Å²) < 4.78 is 16.0. The quantitative estimate of drug-likeness (QED) is 0.792. The summed E-state index contributed by atoms with van der Waals surface area (Å²) in [7, 11) is 0. The first-order chi connectivity index (χ1) is 11.4. The van der Waals surface area contributed by atoms with Crippen molar-refractivity contribution < 1.29 is 9.47 Å². The summed E-state index contributed by atoms with van der Waals surface area (Å²) in [5.74, 6) is 2.99. The van der Waals surface area contributed by atoms with Crippen LogP contribution >= 0.6 is 11.9 Å². The topological polar surface area (TPSA) is 34.1 Å². The third-order valence-corrected chi connectivity index (χ3v) is 4.91. The molecule has 0 saturated carbocycles. The van der Waals surface area contributed by atoms with E-state index in [1.165, 1.54) is 11.1 Å². The highest BCUT2D eigenvalue weighted by atomic mass is 32.2. The number of benzene rings is 1. The van der Waals surface area contributed by atoms with Gasteiger partial charge in [0.1, 0.15) is 18.2 Å². The summed E-state index contributed by atoms with van der Waals surface area (Å²) in [5, 5.41) is 0. The molecule has 1 aromatic rings. The van der Waals surface area contributed by atoms with E-state index in [-0.39, 0.29) is 6.10 Å². The van der Waals surface area contributed by atoms with Gasteiger partial charge in [-0.15, -0.1) is 0 Å².